The van der Waals surface area contributed by atoms with Gasteiger partial charge in [0, 0.05) is 13.0 Å². The van der Waals surface area contributed by atoms with Gasteiger partial charge in [-0.2, -0.15) is 0 Å². The quantitative estimate of drug-likeness (QED) is 0.582. The summed E-state index contributed by atoms with van der Waals surface area (Å²) in [4.78, 5) is 13.8. The molecule has 1 atom stereocenters. The number of benzene rings is 3. The number of carbonyl (C=O) groups excluding carboxylic acids is 1. The van der Waals surface area contributed by atoms with Crippen LogP contribution in [-0.4, -0.2) is 36.0 Å². The Hall–Kier alpha value is -2.77. The molecule has 1 unspecified atom stereocenters. The van der Waals surface area contributed by atoms with Crippen LogP contribution in [0.5, 0.6) is 0 Å². The zero-order valence-corrected chi connectivity index (χ0v) is 17.5. The summed E-state index contributed by atoms with van der Waals surface area (Å²) in [6.45, 7) is 1.34. The predicted octanol–water partition coefficient (Wildman–Crippen LogP) is 4.01. The summed E-state index contributed by atoms with van der Waals surface area (Å²) in [7, 11) is 0. The highest BCUT2D eigenvalue weighted by Crippen LogP contribution is 2.44. The SMILES string of the molecule is CCN1CC(CC=P(c2ccccc2)(c2ccccc2)c2ccccc2)OC1=O. The number of nitrogens with zero attached hydrogens (tertiary/aromatic N) is 1. The molecule has 4 rings (SSSR count). The lowest BCUT2D eigenvalue weighted by atomic mass is 10.3. The van der Waals surface area contributed by atoms with Gasteiger partial charge >= 0.3 is 6.09 Å². The first-order valence-electron chi connectivity index (χ1n) is 10.1. The normalized spacial score (nSPS) is 16.5. The Balaban J connectivity index is 1.88. The zero-order chi connectivity index (χ0) is 20.1. The number of cyclic esters (lactones) is 1. The van der Waals surface area contributed by atoms with E-state index >= 15 is 0 Å². The molecule has 0 radical (unpaired) electrons. The lowest BCUT2D eigenvalue weighted by Crippen LogP contribution is -2.28. The van der Waals surface area contributed by atoms with Crippen molar-refractivity contribution in [1.82, 2.24) is 4.90 Å². The highest BCUT2D eigenvalue weighted by molar-refractivity contribution is 7.94. The average Bonchev–Trinajstić information content (AvgIpc) is 3.16. The maximum atomic E-state index is 12.0. The number of ether oxygens (including phenoxy) is 1. The Kier molecular flexibility index (Phi) is 5.87. The van der Waals surface area contributed by atoms with Crippen molar-refractivity contribution in [3.05, 3.63) is 91.0 Å². The monoisotopic (exact) mass is 403 g/mol. The second-order valence-electron chi connectivity index (χ2n) is 7.19. The fourth-order valence-corrected chi connectivity index (χ4v) is 7.99. The molecule has 0 N–H and O–H groups in total. The molecule has 0 bridgehead atoms. The molecule has 3 aromatic carbocycles. The standard InChI is InChI=1S/C25H26NO2P/c1-2-26-20-21(28-25(26)27)18-19-29(22-12-6-3-7-13-22,23-14-8-4-9-15-23)24-16-10-5-11-17-24/h3-17,19,21H,2,18,20H2,1H3. The van der Waals surface area contributed by atoms with Gasteiger partial charge in [0.15, 0.2) is 0 Å². The van der Waals surface area contributed by atoms with Crippen molar-refractivity contribution in [2.75, 3.05) is 13.1 Å². The van der Waals surface area contributed by atoms with E-state index in [1.165, 1.54) is 15.9 Å². The van der Waals surface area contributed by atoms with Gasteiger partial charge in [0.05, 0.1) is 6.54 Å². The third-order valence-electron chi connectivity index (χ3n) is 5.46. The van der Waals surface area contributed by atoms with Crippen LogP contribution >= 0.6 is 6.89 Å². The summed E-state index contributed by atoms with van der Waals surface area (Å²) in [5, 5.41) is 3.94. The average molecular weight is 403 g/mol. The van der Waals surface area contributed by atoms with E-state index in [0.717, 1.165) is 6.42 Å². The van der Waals surface area contributed by atoms with Crippen molar-refractivity contribution >= 4 is 34.7 Å². The molecule has 29 heavy (non-hydrogen) atoms. The summed E-state index contributed by atoms with van der Waals surface area (Å²) in [6.07, 6.45) is 0.432. The van der Waals surface area contributed by atoms with E-state index in [9.17, 15) is 4.79 Å². The van der Waals surface area contributed by atoms with Gasteiger partial charge in [-0.15, -0.1) is 0 Å². The van der Waals surface area contributed by atoms with Crippen LogP contribution in [-0.2, 0) is 4.74 Å². The van der Waals surface area contributed by atoms with Crippen molar-refractivity contribution in [3.8, 4) is 0 Å². The third-order valence-corrected chi connectivity index (χ3v) is 9.56. The minimum atomic E-state index is -1.99. The summed E-state index contributed by atoms with van der Waals surface area (Å²) in [5.74, 6) is 2.43. The van der Waals surface area contributed by atoms with Crippen molar-refractivity contribution in [3.63, 3.8) is 0 Å². The molecular weight excluding hydrogens is 377 g/mol. The van der Waals surface area contributed by atoms with Crippen LogP contribution in [0.1, 0.15) is 13.3 Å². The largest absolute Gasteiger partial charge is 0.444 e. The van der Waals surface area contributed by atoms with Crippen molar-refractivity contribution in [2.45, 2.75) is 19.4 Å². The van der Waals surface area contributed by atoms with E-state index in [2.05, 4.69) is 96.8 Å². The van der Waals surface area contributed by atoms with Crippen LogP contribution in [0.4, 0.5) is 4.79 Å². The fraction of sp³-hybridized carbons (Fsp3) is 0.200. The topological polar surface area (TPSA) is 29.5 Å². The van der Waals surface area contributed by atoms with Gasteiger partial charge in [-0.25, -0.2) is 4.79 Å². The molecule has 0 aromatic heterocycles. The first-order valence-corrected chi connectivity index (χ1v) is 12.0. The molecule has 148 valence electrons. The number of carbonyl (C=O) groups is 1. The molecule has 0 aliphatic carbocycles. The van der Waals surface area contributed by atoms with Crippen molar-refractivity contribution in [1.29, 1.82) is 0 Å². The molecule has 1 heterocycles. The molecule has 1 fully saturated rings. The lowest BCUT2D eigenvalue weighted by Gasteiger charge is -2.29. The molecular formula is C25H26NO2P. The molecule has 1 aliphatic rings. The molecule has 0 saturated carbocycles. The molecule has 1 saturated heterocycles. The summed E-state index contributed by atoms with van der Waals surface area (Å²) < 4.78 is 5.64. The Bertz CT molecular complexity index is 899. The van der Waals surface area contributed by atoms with Gasteiger partial charge in [-0.1, -0.05) is 96.8 Å². The highest BCUT2D eigenvalue weighted by Gasteiger charge is 2.31. The maximum absolute atomic E-state index is 12.0. The molecule has 1 aliphatic heterocycles. The lowest BCUT2D eigenvalue weighted by molar-refractivity contribution is 0.136. The third kappa shape index (κ3) is 3.88. The Morgan fingerprint density at radius 2 is 1.31 bits per heavy atom. The highest BCUT2D eigenvalue weighted by atomic mass is 31.2. The number of hydrogen-bond donors (Lipinski definition) is 0. The first kappa shape index (κ1) is 19.5. The summed E-state index contributed by atoms with van der Waals surface area (Å²) in [5.41, 5.74) is 0. The van der Waals surface area contributed by atoms with Crippen molar-refractivity contribution < 1.29 is 9.53 Å². The minimum Gasteiger partial charge on any atom is -0.444 e. The van der Waals surface area contributed by atoms with E-state index in [1.807, 2.05) is 6.92 Å². The Morgan fingerprint density at radius 1 is 0.862 bits per heavy atom. The van der Waals surface area contributed by atoms with Crippen LogP contribution in [0.25, 0.3) is 0 Å². The van der Waals surface area contributed by atoms with Crippen LogP contribution in [0, 0.1) is 0 Å². The van der Waals surface area contributed by atoms with Crippen LogP contribution in [0.2, 0.25) is 0 Å². The van der Waals surface area contributed by atoms with E-state index in [1.54, 1.807) is 4.90 Å². The first-order chi connectivity index (χ1) is 14.2. The van der Waals surface area contributed by atoms with Gasteiger partial charge in [-0.05, 0) is 29.7 Å². The van der Waals surface area contributed by atoms with Crippen molar-refractivity contribution in [2.24, 2.45) is 0 Å². The Morgan fingerprint density at radius 3 is 1.69 bits per heavy atom. The van der Waals surface area contributed by atoms with Gasteiger partial charge < -0.3 is 9.64 Å². The van der Waals surface area contributed by atoms with E-state index in [-0.39, 0.29) is 12.2 Å². The van der Waals surface area contributed by atoms with Crippen LogP contribution in [0.15, 0.2) is 91.0 Å². The molecule has 0 spiro atoms. The van der Waals surface area contributed by atoms with Gasteiger partial charge in [0.2, 0.25) is 0 Å². The van der Waals surface area contributed by atoms with E-state index in [0.29, 0.717) is 13.1 Å². The van der Waals surface area contributed by atoms with Crippen LogP contribution < -0.4 is 15.9 Å². The maximum Gasteiger partial charge on any atom is 0.410 e. The second-order valence-corrected chi connectivity index (χ2v) is 10.6. The fourth-order valence-electron chi connectivity index (χ4n) is 3.98. The van der Waals surface area contributed by atoms with E-state index in [4.69, 9.17) is 4.74 Å². The number of rotatable bonds is 6. The van der Waals surface area contributed by atoms with Crippen LogP contribution in [0.3, 0.4) is 0 Å². The number of amides is 1. The van der Waals surface area contributed by atoms with Gasteiger partial charge in [0.25, 0.3) is 0 Å². The van der Waals surface area contributed by atoms with Gasteiger partial charge in [0.1, 0.15) is 6.10 Å². The minimum absolute atomic E-state index is 0.0991. The van der Waals surface area contributed by atoms with Gasteiger partial charge in [-0.3, -0.25) is 0 Å². The predicted molar refractivity (Wildman–Crippen MR) is 123 cm³/mol. The number of hydrogen-bond acceptors (Lipinski definition) is 2. The molecule has 3 nitrogen and oxygen atoms in total. The molecule has 1 amide bonds. The molecule has 3 aromatic rings. The van der Waals surface area contributed by atoms with E-state index < -0.39 is 6.89 Å². The smallest absolute Gasteiger partial charge is 0.410 e. The molecule has 4 heteroatoms. The Labute approximate surface area is 172 Å². The summed E-state index contributed by atoms with van der Waals surface area (Å²) in [6, 6.07) is 32.2. The second kappa shape index (κ2) is 8.71. The zero-order valence-electron chi connectivity index (χ0n) is 16.6. The number of likely N-dealkylation sites (N-methyl/N-ethyl adjacent to an activating group) is 1. The summed E-state index contributed by atoms with van der Waals surface area (Å²) >= 11 is 0.